The van der Waals surface area contributed by atoms with Crippen LogP contribution < -0.4 is 0 Å². The Morgan fingerprint density at radius 3 is 2.19 bits per heavy atom. The standard InChI is InChI=1S/C13H26O3/c1-8(2)14-11(6)13-12(15-9(3)4)7-10(5)16-13/h8-13H,7H2,1-6H3/t10-,11-,12-,13+/m0/s1. The molecule has 16 heavy (non-hydrogen) atoms. The lowest BCUT2D eigenvalue weighted by Gasteiger charge is -2.27. The third kappa shape index (κ3) is 4.04. The maximum Gasteiger partial charge on any atom is 0.110 e. The lowest BCUT2D eigenvalue weighted by atomic mass is 10.1. The van der Waals surface area contributed by atoms with E-state index in [1.54, 1.807) is 0 Å². The molecule has 96 valence electrons. The van der Waals surface area contributed by atoms with Gasteiger partial charge in [0.1, 0.15) is 6.10 Å². The van der Waals surface area contributed by atoms with E-state index < -0.39 is 0 Å². The predicted molar refractivity (Wildman–Crippen MR) is 64.6 cm³/mol. The molecular weight excluding hydrogens is 204 g/mol. The highest BCUT2D eigenvalue weighted by atomic mass is 16.6. The van der Waals surface area contributed by atoms with Gasteiger partial charge < -0.3 is 14.2 Å². The molecule has 4 atom stereocenters. The largest absolute Gasteiger partial charge is 0.373 e. The van der Waals surface area contributed by atoms with Crippen molar-refractivity contribution in [2.45, 2.75) is 84.6 Å². The molecule has 0 aromatic carbocycles. The maximum atomic E-state index is 5.89. The molecule has 0 aliphatic carbocycles. The monoisotopic (exact) mass is 230 g/mol. The minimum atomic E-state index is 0.0693. The van der Waals surface area contributed by atoms with Crippen molar-refractivity contribution in [1.82, 2.24) is 0 Å². The van der Waals surface area contributed by atoms with Crippen LogP contribution in [-0.4, -0.2) is 36.6 Å². The SMILES string of the molecule is CC(C)O[C@@H](C)[C@H]1O[C@@H](C)C[C@@H]1OC(C)C. The van der Waals surface area contributed by atoms with E-state index in [9.17, 15) is 0 Å². The van der Waals surface area contributed by atoms with Crippen LogP contribution in [0.5, 0.6) is 0 Å². The molecular formula is C13H26O3. The van der Waals surface area contributed by atoms with Crippen LogP contribution in [0.1, 0.15) is 48.0 Å². The summed E-state index contributed by atoms with van der Waals surface area (Å²) in [6.07, 6.45) is 2.04. The lowest BCUT2D eigenvalue weighted by Crippen LogP contribution is -2.38. The van der Waals surface area contributed by atoms with Crippen molar-refractivity contribution in [2.75, 3.05) is 0 Å². The van der Waals surface area contributed by atoms with Crippen molar-refractivity contribution in [3.05, 3.63) is 0 Å². The molecule has 1 rings (SSSR count). The topological polar surface area (TPSA) is 27.7 Å². The Morgan fingerprint density at radius 2 is 1.69 bits per heavy atom. The summed E-state index contributed by atoms with van der Waals surface area (Å²) < 4.78 is 17.6. The molecule has 1 aliphatic heterocycles. The predicted octanol–water partition coefficient (Wildman–Crippen LogP) is 2.77. The van der Waals surface area contributed by atoms with Gasteiger partial charge in [0, 0.05) is 6.42 Å². The Balaban J connectivity index is 2.54. The van der Waals surface area contributed by atoms with Gasteiger partial charge in [0.2, 0.25) is 0 Å². The Labute approximate surface area is 99.5 Å². The van der Waals surface area contributed by atoms with Gasteiger partial charge in [0.05, 0.1) is 30.5 Å². The zero-order chi connectivity index (χ0) is 12.3. The third-order valence-corrected chi connectivity index (χ3v) is 2.72. The Hall–Kier alpha value is -0.120. The second-order valence-corrected chi connectivity index (χ2v) is 5.26. The van der Waals surface area contributed by atoms with Crippen LogP contribution in [0.4, 0.5) is 0 Å². The van der Waals surface area contributed by atoms with Crippen LogP contribution in [0.25, 0.3) is 0 Å². The van der Waals surface area contributed by atoms with E-state index in [0.29, 0.717) is 0 Å². The summed E-state index contributed by atoms with van der Waals surface area (Å²) in [7, 11) is 0. The normalized spacial score (nSPS) is 32.6. The van der Waals surface area contributed by atoms with Gasteiger partial charge in [-0.3, -0.25) is 0 Å². The number of hydrogen-bond donors (Lipinski definition) is 0. The second kappa shape index (κ2) is 5.99. The van der Waals surface area contributed by atoms with Crippen molar-refractivity contribution in [2.24, 2.45) is 0 Å². The van der Waals surface area contributed by atoms with Crippen LogP contribution in [0.3, 0.4) is 0 Å². The van der Waals surface area contributed by atoms with Crippen LogP contribution >= 0.6 is 0 Å². The zero-order valence-corrected chi connectivity index (χ0v) is 11.4. The Morgan fingerprint density at radius 1 is 1.06 bits per heavy atom. The van der Waals surface area contributed by atoms with Crippen molar-refractivity contribution in [1.29, 1.82) is 0 Å². The second-order valence-electron chi connectivity index (χ2n) is 5.26. The average Bonchev–Trinajstić information content (AvgIpc) is 2.44. The van der Waals surface area contributed by atoms with E-state index in [2.05, 4.69) is 27.7 Å². The first kappa shape index (κ1) is 13.9. The fourth-order valence-electron chi connectivity index (χ4n) is 2.27. The van der Waals surface area contributed by atoms with Crippen molar-refractivity contribution in [3.63, 3.8) is 0 Å². The number of hydrogen-bond acceptors (Lipinski definition) is 3. The molecule has 3 nitrogen and oxygen atoms in total. The molecule has 0 spiro atoms. The molecule has 0 unspecified atom stereocenters. The molecule has 0 saturated carbocycles. The summed E-state index contributed by atoms with van der Waals surface area (Å²) in [5.74, 6) is 0. The minimum absolute atomic E-state index is 0.0693. The maximum absolute atomic E-state index is 5.89. The molecule has 0 aromatic heterocycles. The summed E-state index contributed by atoms with van der Waals surface area (Å²) in [5, 5.41) is 0. The number of ether oxygens (including phenoxy) is 3. The van der Waals surface area contributed by atoms with Gasteiger partial charge in [-0.1, -0.05) is 0 Å². The fraction of sp³-hybridized carbons (Fsp3) is 1.00. The van der Waals surface area contributed by atoms with Gasteiger partial charge in [-0.25, -0.2) is 0 Å². The van der Waals surface area contributed by atoms with Crippen LogP contribution in [-0.2, 0) is 14.2 Å². The molecule has 1 fully saturated rings. The molecule has 0 amide bonds. The molecule has 1 aliphatic rings. The first-order chi connectivity index (χ1) is 7.40. The highest BCUT2D eigenvalue weighted by Gasteiger charge is 2.38. The highest BCUT2D eigenvalue weighted by molar-refractivity contribution is 4.86. The molecule has 0 N–H and O–H groups in total. The van der Waals surface area contributed by atoms with Gasteiger partial charge in [0.15, 0.2) is 0 Å². The van der Waals surface area contributed by atoms with Crippen LogP contribution in [0.2, 0.25) is 0 Å². The van der Waals surface area contributed by atoms with Crippen LogP contribution in [0.15, 0.2) is 0 Å². The highest BCUT2D eigenvalue weighted by Crippen LogP contribution is 2.27. The molecule has 0 aromatic rings. The van der Waals surface area contributed by atoms with E-state index in [0.717, 1.165) is 6.42 Å². The van der Waals surface area contributed by atoms with E-state index >= 15 is 0 Å². The lowest BCUT2D eigenvalue weighted by molar-refractivity contribution is -0.121. The summed E-state index contributed by atoms with van der Waals surface area (Å²) in [6.45, 7) is 12.4. The molecule has 0 radical (unpaired) electrons. The molecule has 0 bridgehead atoms. The van der Waals surface area contributed by atoms with Crippen molar-refractivity contribution in [3.8, 4) is 0 Å². The molecule has 3 heteroatoms. The molecule has 1 saturated heterocycles. The minimum Gasteiger partial charge on any atom is -0.373 e. The zero-order valence-electron chi connectivity index (χ0n) is 11.4. The van der Waals surface area contributed by atoms with Gasteiger partial charge in [-0.05, 0) is 41.5 Å². The van der Waals surface area contributed by atoms with E-state index in [4.69, 9.17) is 14.2 Å². The summed E-state index contributed by atoms with van der Waals surface area (Å²) in [6, 6.07) is 0. The van der Waals surface area contributed by atoms with Crippen molar-refractivity contribution < 1.29 is 14.2 Å². The molecule has 1 heterocycles. The van der Waals surface area contributed by atoms with Gasteiger partial charge in [0.25, 0.3) is 0 Å². The summed E-state index contributed by atoms with van der Waals surface area (Å²) in [4.78, 5) is 0. The Bertz CT molecular complexity index is 203. The summed E-state index contributed by atoms with van der Waals surface area (Å²) in [5.41, 5.74) is 0. The van der Waals surface area contributed by atoms with Crippen molar-refractivity contribution >= 4 is 0 Å². The van der Waals surface area contributed by atoms with Gasteiger partial charge >= 0.3 is 0 Å². The smallest absolute Gasteiger partial charge is 0.110 e. The summed E-state index contributed by atoms with van der Waals surface area (Å²) >= 11 is 0. The third-order valence-electron chi connectivity index (χ3n) is 2.72. The van der Waals surface area contributed by atoms with Crippen LogP contribution in [0, 0.1) is 0 Å². The van der Waals surface area contributed by atoms with E-state index in [1.807, 2.05) is 13.8 Å². The Kier molecular flexibility index (Phi) is 5.22. The first-order valence-electron chi connectivity index (χ1n) is 6.36. The average molecular weight is 230 g/mol. The quantitative estimate of drug-likeness (QED) is 0.727. The van der Waals surface area contributed by atoms with E-state index in [-0.39, 0.29) is 36.6 Å². The van der Waals surface area contributed by atoms with E-state index in [1.165, 1.54) is 0 Å². The number of rotatable bonds is 5. The first-order valence-corrected chi connectivity index (χ1v) is 6.36. The van der Waals surface area contributed by atoms with Gasteiger partial charge in [-0.2, -0.15) is 0 Å². The van der Waals surface area contributed by atoms with Gasteiger partial charge in [-0.15, -0.1) is 0 Å². The fourth-order valence-corrected chi connectivity index (χ4v) is 2.27.